The van der Waals surface area contributed by atoms with Gasteiger partial charge in [-0.3, -0.25) is 14.5 Å². The second kappa shape index (κ2) is 8.59. The molecule has 2 aliphatic heterocycles. The fourth-order valence-corrected chi connectivity index (χ4v) is 4.46. The van der Waals surface area contributed by atoms with Crippen molar-refractivity contribution < 1.29 is 19.1 Å². The van der Waals surface area contributed by atoms with Crippen molar-refractivity contribution in [1.29, 1.82) is 0 Å². The van der Waals surface area contributed by atoms with E-state index < -0.39 is 11.6 Å². The van der Waals surface area contributed by atoms with E-state index in [2.05, 4.69) is 5.32 Å². The lowest BCUT2D eigenvalue weighted by Gasteiger charge is -2.38. The number of hydrogen-bond donors (Lipinski definition) is 1. The zero-order valence-corrected chi connectivity index (χ0v) is 18.0. The Labute approximate surface area is 185 Å². The van der Waals surface area contributed by atoms with E-state index in [9.17, 15) is 14.4 Å². The molecule has 7 nitrogen and oxygen atoms in total. The number of imide groups is 1. The molecule has 2 aromatic rings. The zero-order valence-electron chi connectivity index (χ0n) is 17.3. The van der Waals surface area contributed by atoms with E-state index in [0.29, 0.717) is 30.2 Å². The van der Waals surface area contributed by atoms with Crippen LogP contribution in [0, 0.1) is 0 Å². The number of nitrogens with zero attached hydrogens (tertiary/aromatic N) is 2. The van der Waals surface area contributed by atoms with Crippen molar-refractivity contribution in [2.24, 2.45) is 0 Å². The molecule has 2 heterocycles. The molecule has 1 unspecified atom stereocenters. The minimum Gasteiger partial charge on any atom is -0.497 e. The van der Waals surface area contributed by atoms with E-state index in [1.54, 1.807) is 30.2 Å². The van der Waals surface area contributed by atoms with Gasteiger partial charge in [0.05, 0.1) is 26.6 Å². The lowest BCUT2D eigenvalue weighted by molar-refractivity contribution is -0.138. The third kappa shape index (κ3) is 4.37. The summed E-state index contributed by atoms with van der Waals surface area (Å²) >= 11 is 6.03. The van der Waals surface area contributed by atoms with Gasteiger partial charge in [0, 0.05) is 11.6 Å². The zero-order chi connectivity index (χ0) is 22.0. The van der Waals surface area contributed by atoms with E-state index in [1.165, 1.54) is 4.90 Å². The Kier molecular flexibility index (Phi) is 5.87. The van der Waals surface area contributed by atoms with Gasteiger partial charge >= 0.3 is 6.03 Å². The molecule has 1 N–H and O–H groups in total. The Balaban J connectivity index is 1.47. The first-order valence-corrected chi connectivity index (χ1v) is 10.6. The van der Waals surface area contributed by atoms with Gasteiger partial charge in [0.25, 0.3) is 5.91 Å². The first-order valence-electron chi connectivity index (χ1n) is 10.2. The molecule has 1 spiro atoms. The summed E-state index contributed by atoms with van der Waals surface area (Å²) in [5.74, 6) is 0.314. The summed E-state index contributed by atoms with van der Waals surface area (Å²) < 4.78 is 5.22. The number of piperidine rings is 1. The highest BCUT2D eigenvalue weighted by molar-refractivity contribution is 6.30. The number of carbonyl (C=O) groups excluding carboxylic acids is 3. The monoisotopic (exact) mass is 441 g/mol. The van der Waals surface area contributed by atoms with Crippen LogP contribution in [0.15, 0.2) is 48.5 Å². The molecule has 0 saturated carbocycles. The van der Waals surface area contributed by atoms with Gasteiger partial charge in [-0.2, -0.15) is 0 Å². The number of benzene rings is 2. The first-order chi connectivity index (χ1) is 14.9. The fourth-order valence-electron chi connectivity index (χ4n) is 4.25. The normalized spacial score (nSPS) is 20.8. The number of carbonyl (C=O) groups is 3. The summed E-state index contributed by atoms with van der Waals surface area (Å²) in [7, 11) is 1.58. The first kappa shape index (κ1) is 21.2. The minimum atomic E-state index is -1.07. The van der Waals surface area contributed by atoms with Crippen molar-refractivity contribution in [2.45, 2.75) is 31.3 Å². The largest absolute Gasteiger partial charge is 0.497 e. The van der Waals surface area contributed by atoms with Crippen LogP contribution >= 0.6 is 11.6 Å². The van der Waals surface area contributed by atoms with Crippen molar-refractivity contribution >= 4 is 29.4 Å². The summed E-state index contributed by atoms with van der Waals surface area (Å²) in [5, 5.41) is 3.41. The molecule has 0 radical (unpaired) electrons. The molecule has 0 aromatic heterocycles. The Hall–Kier alpha value is -3.06. The quantitative estimate of drug-likeness (QED) is 0.723. The smallest absolute Gasteiger partial charge is 0.325 e. The maximum absolute atomic E-state index is 13.2. The van der Waals surface area contributed by atoms with Crippen LogP contribution < -0.4 is 10.1 Å². The molecule has 8 heteroatoms. The number of halogens is 1. The van der Waals surface area contributed by atoms with E-state index in [0.717, 1.165) is 11.1 Å². The lowest BCUT2D eigenvalue weighted by atomic mass is 9.88. The molecule has 31 heavy (non-hydrogen) atoms. The van der Waals surface area contributed by atoms with E-state index in [-0.39, 0.29) is 31.3 Å². The number of likely N-dealkylation sites (tertiary alicyclic amines) is 1. The average molecular weight is 442 g/mol. The number of hydrogen-bond acceptors (Lipinski definition) is 4. The summed E-state index contributed by atoms with van der Waals surface area (Å²) in [6.07, 6.45) is 1.36. The van der Waals surface area contributed by atoms with Gasteiger partial charge in [0.15, 0.2) is 0 Å². The summed E-state index contributed by atoms with van der Waals surface area (Å²) in [4.78, 5) is 41.7. The Morgan fingerprint density at radius 2 is 1.94 bits per heavy atom. The molecule has 2 fully saturated rings. The van der Waals surface area contributed by atoms with Gasteiger partial charge < -0.3 is 15.0 Å². The van der Waals surface area contributed by atoms with Crippen molar-refractivity contribution in [2.75, 3.05) is 20.2 Å². The van der Waals surface area contributed by atoms with Crippen molar-refractivity contribution in [3.05, 3.63) is 64.7 Å². The molecule has 2 aromatic carbocycles. The number of amides is 4. The van der Waals surface area contributed by atoms with Gasteiger partial charge in [-0.05, 0) is 48.2 Å². The Bertz CT molecular complexity index is 1030. The highest BCUT2D eigenvalue weighted by atomic mass is 35.5. The maximum Gasteiger partial charge on any atom is 0.325 e. The van der Waals surface area contributed by atoms with Crippen LogP contribution in [-0.2, 0) is 22.6 Å². The van der Waals surface area contributed by atoms with Crippen LogP contribution in [0.5, 0.6) is 5.75 Å². The van der Waals surface area contributed by atoms with Gasteiger partial charge in [-0.1, -0.05) is 35.9 Å². The van der Waals surface area contributed by atoms with Crippen LogP contribution in [-0.4, -0.2) is 53.4 Å². The number of ether oxygens (including phenoxy) is 1. The molecule has 4 amide bonds. The summed E-state index contributed by atoms with van der Waals surface area (Å²) in [5.41, 5.74) is 0.543. The van der Waals surface area contributed by atoms with Crippen molar-refractivity contribution in [3.8, 4) is 5.75 Å². The topological polar surface area (TPSA) is 79.0 Å². The van der Waals surface area contributed by atoms with Crippen LogP contribution in [0.1, 0.15) is 24.0 Å². The highest BCUT2D eigenvalue weighted by Crippen LogP contribution is 2.30. The molecule has 1 atom stereocenters. The van der Waals surface area contributed by atoms with Gasteiger partial charge in [-0.25, -0.2) is 4.79 Å². The summed E-state index contributed by atoms with van der Waals surface area (Å²) in [6, 6.07) is 14.0. The standard InChI is InChI=1S/C23H24ClN3O4/c1-31-19-8-3-5-16(12-19)13-20(28)26-10-4-9-23(15-26)21(29)27(22(30)25-23)14-17-6-2-7-18(24)11-17/h2-3,5-8,11-12H,4,9-10,13-15H2,1H3,(H,25,30). The Morgan fingerprint density at radius 1 is 1.16 bits per heavy atom. The lowest BCUT2D eigenvalue weighted by Crippen LogP contribution is -2.59. The second-order valence-electron chi connectivity index (χ2n) is 7.98. The predicted molar refractivity (Wildman–Crippen MR) is 116 cm³/mol. The third-order valence-corrected chi connectivity index (χ3v) is 6.05. The SMILES string of the molecule is COc1cccc(CC(=O)N2CCCC3(C2)NC(=O)N(Cc2cccc(Cl)c2)C3=O)c1. The number of methoxy groups -OCH3 is 1. The molecule has 4 rings (SSSR count). The average Bonchev–Trinajstić information content (AvgIpc) is 2.97. The maximum atomic E-state index is 13.2. The highest BCUT2D eigenvalue weighted by Gasteiger charge is 2.53. The number of rotatable bonds is 5. The minimum absolute atomic E-state index is 0.0809. The molecular weight excluding hydrogens is 418 g/mol. The fraction of sp³-hybridized carbons (Fsp3) is 0.348. The van der Waals surface area contributed by atoms with Crippen LogP contribution in [0.3, 0.4) is 0 Å². The van der Waals surface area contributed by atoms with Gasteiger partial charge in [0.1, 0.15) is 11.3 Å². The number of nitrogens with one attached hydrogen (secondary N) is 1. The predicted octanol–water partition coefficient (Wildman–Crippen LogP) is 3.00. The van der Waals surface area contributed by atoms with Crippen LogP contribution in [0.4, 0.5) is 4.79 Å². The molecule has 0 bridgehead atoms. The van der Waals surface area contributed by atoms with E-state index in [4.69, 9.17) is 16.3 Å². The molecule has 0 aliphatic carbocycles. The van der Waals surface area contributed by atoms with E-state index in [1.807, 2.05) is 30.3 Å². The van der Waals surface area contributed by atoms with Gasteiger partial charge in [0.2, 0.25) is 5.91 Å². The van der Waals surface area contributed by atoms with Crippen LogP contribution in [0.2, 0.25) is 5.02 Å². The molecule has 2 aliphatic rings. The van der Waals surface area contributed by atoms with Crippen molar-refractivity contribution in [3.63, 3.8) is 0 Å². The van der Waals surface area contributed by atoms with Gasteiger partial charge in [-0.15, -0.1) is 0 Å². The molecule has 2 saturated heterocycles. The summed E-state index contributed by atoms with van der Waals surface area (Å²) in [6.45, 7) is 0.874. The third-order valence-electron chi connectivity index (χ3n) is 5.81. The van der Waals surface area contributed by atoms with Crippen LogP contribution in [0.25, 0.3) is 0 Å². The number of urea groups is 1. The molecule has 162 valence electrons. The van der Waals surface area contributed by atoms with Crippen molar-refractivity contribution in [1.82, 2.24) is 15.1 Å². The molecular formula is C23H24ClN3O4. The van der Waals surface area contributed by atoms with E-state index >= 15 is 0 Å². The Morgan fingerprint density at radius 3 is 2.71 bits per heavy atom. The second-order valence-corrected chi connectivity index (χ2v) is 8.42.